The number of halogens is 1. The number of anilines is 1. The number of primary sulfonamides is 1. The first-order valence-electron chi connectivity index (χ1n) is 5.06. The normalized spacial score (nSPS) is 11.3. The van der Waals surface area contributed by atoms with Crippen LogP contribution in [0, 0.1) is 3.57 Å². The Balaban J connectivity index is 2.16. The summed E-state index contributed by atoms with van der Waals surface area (Å²) >= 11 is 2.14. The van der Waals surface area contributed by atoms with Gasteiger partial charge in [0.25, 0.3) is 15.9 Å². The number of nitrogens with one attached hydrogen (secondary N) is 1. The summed E-state index contributed by atoms with van der Waals surface area (Å²) in [7, 11) is -3.94. The van der Waals surface area contributed by atoms with Crippen LogP contribution in [-0.4, -0.2) is 14.3 Å². The Morgan fingerprint density at radius 1 is 1.16 bits per heavy atom. The van der Waals surface area contributed by atoms with Gasteiger partial charge in [-0.15, -0.1) is 0 Å². The average molecular weight is 392 g/mol. The second kappa shape index (κ2) is 5.31. The van der Waals surface area contributed by atoms with E-state index in [9.17, 15) is 13.2 Å². The van der Waals surface area contributed by atoms with Crippen LogP contribution in [0.1, 0.15) is 10.6 Å². The van der Waals surface area contributed by atoms with Gasteiger partial charge >= 0.3 is 0 Å². The van der Waals surface area contributed by atoms with Crippen molar-refractivity contribution in [2.24, 2.45) is 5.14 Å². The Hall–Kier alpha value is -1.39. The van der Waals surface area contributed by atoms with E-state index in [1.54, 1.807) is 12.1 Å². The fraction of sp³-hybridized carbons (Fsp3) is 0. The summed E-state index contributed by atoms with van der Waals surface area (Å²) in [6.45, 7) is 0. The molecule has 1 heterocycles. The maximum absolute atomic E-state index is 11.8. The highest BCUT2D eigenvalue weighted by Crippen LogP contribution is 2.15. The second-order valence-corrected chi connectivity index (χ2v) is 6.36. The number of nitrogens with two attached hydrogens (primary N) is 1. The Labute approximate surface area is 123 Å². The topological polar surface area (TPSA) is 102 Å². The van der Waals surface area contributed by atoms with Crippen molar-refractivity contribution in [1.29, 1.82) is 0 Å². The average Bonchev–Trinajstić information content (AvgIpc) is 2.81. The minimum Gasteiger partial charge on any atom is -0.438 e. The Morgan fingerprint density at radius 3 is 2.32 bits per heavy atom. The molecular weight excluding hydrogens is 383 g/mol. The lowest BCUT2D eigenvalue weighted by Gasteiger charge is -2.02. The summed E-state index contributed by atoms with van der Waals surface area (Å²) in [5.41, 5.74) is 0.582. The highest BCUT2D eigenvalue weighted by Gasteiger charge is 2.17. The van der Waals surface area contributed by atoms with Gasteiger partial charge in [0.2, 0.25) is 5.09 Å². The zero-order chi connectivity index (χ0) is 14.0. The van der Waals surface area contributed by atoms with Crippen LogP contribution in [0.15, 0.2) is 45.9 Å². The molecule has 0 bridgehead atoms. The van der Waals surface area contributed by atoms with Crippen LogP contribution >= 0.6 is 22.6 Å². The van der Waals surface area contributed by atoms with E-state index in [-0.39, 0.29) is 5.76 Å². The number of hydrogen-bond donors (Lipinski definition) is 2. The monoisotopic (exact) mass is 392 g/mol. The molecule has 8 heteroatoms. The summed E-state index contributed by atoms with van der Waals surface area (Å²) in [6, 6.07) is 9.49. The third kappa shape index (κ3) is 3.55. The highest BCUT2D eigenvalue weighted by atomic mass is 127. The molecule has 0 saturated heterocycles. The van der Waals surface area contributed by atoms with Gasteiger partial charge in [0.05, 0.1) is 0 Å². The predicted molar refractivity (Wildman–Crippen MR) is 77.2 cm³/mol. The number of amides is 1. The van der Waals surface area contributed by atoms with Crippen molar-refractivity contribution in [2.45, 2.75) is 5.09 Å². The largest absolute Gasteiger partial charge is 0.438 e. The van der Waals surface area contributed by atoms with Gasteiger partial charge in [0, 0.05) is 9.26 Å². The van der Waals surface area contributed by atoms with Crippen LogP contribution in [0.25, 0.3) is 0 Å². The summed E-state index contributed by atoms with van der Waals surface area (Å²) in [6.07, 6.45) is 0. The lowest BCUT2D eigenvalue weighted by Crippen LogP contribution is -2.12. The molecule has 0 unspecified atom stereocenters. The van der Waals surface area contributed by atoms with Crippen LogP contribution < -0.4 is 10.5 Å². The number of benzene rings is 1. The first-order chi connectivity index (χ1) is 8.86. The number of carbonyl (C=O) groups excluding carboxylic acids is 1. The molecule has 0 fully saturated rings. The van der Waals surface area contributed by atoms with Crippen LogP contribution in [0.5, 0.6) is 0 Å². The fourth-order valence-electron chi connectivity index (χ4n) is 1.32. The van der Waals surface area contributed by atoms with Gasteiger partial charge in [-0.2, -0.15) is 0 Å². The minimum atomic E-state index is -3.94. The molecular formula is C11H9IN2O4S. The SMILES string of the molecule is NS(=O)(=O)c1ccc(C(=O)Nc2ccc(I)cc2)o1. The molecule has 0 spiro atoms. The van der Waals surface area contributed by atoms with Crippen LogP contribution in [0.4, 0.5) is 5.69 Å². The Bertz CT molecular complexity index is 707. The number of rotatable bonds is 3. The molecule has 6 nitrogen and oxygen atoms in total. The van der Waals surface area contributed by atoms with E-state index in [1.165, 1.54) is 6.07 Å². The van der Waals surface area contributed by atoms with Gasteiger partial charge in [-0.3, -0.25) is 4.79 Å². The number of hydrogen-bond acceptors (Lipinski definition) is 4. The van der Waals surface area contributed by atoms with Crippen molar-refractivity contribution in [3.8, 4) is 0 Å². The summed E-state index contributed by atoms with van der Waals surface area (Å²) in [5.74, 6) is -0.668. The maximum atomic E-state index is 11.8. The van der Waals surface area contributed by atoms with Crippen molar-refractivity contribution in [1.82, 2.24) is 0 Å². The van der Waals surface area contributed by atoms with Gasteiger partial charge in [-0.1, -0.05) is 0 Å². The van der Waals surface area contributed by atoms with E-state index >= 15 is 0 Å². The van der Waals surface area contributed by atoms with Crippen LogP contribution in [0.2, 0.25) is 0 Å². The van der Waals surface area contributed by atoms with E-state index in [4.69, 9.17) is 9.56 Å². The van der Waals surface area contributed by atoms with Crippen LogP contribution in [-0.2, 0) is 10.0 Å². The van der Waals surface area contributed by atoms with Gasteiger partial charge in [0.15, 0.2) is 5.76 Å². The molecule has 0 aliphatic heterocycles. The lowest BCUT2D eigenvalue weighted by atomic mass is 10.3. The standard InChI is InChI=1S/C11H9IN2O4S/c12-7-1-3-8(4-2-7)14-11(15)9-5-6-10(18-9)19(13,16)17/h1-6H,(H,14,15)(H2,13,16,17). The van der Waals surface area contributed by atoms with Crippen LogP contribution in [0.3, 0.4) is 0 Å². The summed E-state index contributed by atoms with van der Waals surface area (Å²) in [5, 5.41) is 7.02. The molecule has 3 N–H and O–H groups in total. The molecule has 0 aliphatic carbocycles. The molecule has 0 radical (unpaired) electrons. The quantitative estimate of drug-likeness (QED) is 0.778. The lowest BCUT2D eigenvalue weighted by molar-refractivity contribution is 0.0991. The maximum Gasteiger partial charge on any atom is 0.291 e. The Morgan fingerprint density at radius 2 is 1.79 bits per heavy atom. The molecule has 1 aromatic carbocycles. The van der Waals surface area contributed by atoms with Crippen molar-refractivity contribution >= 4 is 44.2 Å². The molecule has 19 heavy (non-hydrogen) atoms. The van der Waals surface area contributed by atoms with Gasteiger partial charge < -0.3 is 9.73 Å². The van der Waals surface area contributed by atoms with Crippen molar-refractivity contribution in [3.63, 3.8) is 0 Å². The minimum absolute atomic E-state index is 0.123. The second-order valence-electron chi connectivity index (χ2n) is 3.62. The van der Waals surface area contributed by atoms with Crippen molar-refractivity contribution in [2.75, 3.05) is 5.32 Å². The highest BCUT2D eigenvalue weighted by molar-refractivity contribution is 14.1. The van der Waals surface area contributed by atoms with E-state index in [0.717, 1.165) is 9.64 Å². The first-order valence-corrected chi connectivity index (χ1v) is 7.68. The van der Waals surface area contributed by atoms with E-state index in [2.05, 4.69) is 27.9 Å². The molecule has 2 rings (SSSR count). The first kappa shape index (κ1) is 14.0. The van der Waals surface area contributed by atoms with Gasteiger partial charge in [0.1, 0.15) is 0 Å². The fourth-order valence-corrected chi connectivity index (χ4v) is 2.14. The zero-order valence-corrected chi connectivity index (χ0v) is 12.4. The van der Waals surface area contributed by atoms with E-state index < -0.39 is 21.0 Å². The molecule has 1 aromatic heterocycles. The summed E-state index contributed by atoms with van der Waals surface area (Å²) in [4.78, 5) is 11.8. The van der Waals surface area contributed by atoms with Gasteiger partial charge in [-0.25, -0.2) is 13.6 Å². The molecule has 0 aliphatic rings. The molecule has 1 amide bonds. The van der Waals surface area contributed by atoms with Crippen molar-refractivity contribution in [3.05, 3.63) is 45.7 Å². The number of sulfonamides is 1. The Kier molecular flexibility index (Phi) is 3.92. The molecule has 0 saturated carbocycles. The number of carbonyl (C=O) groups is 1. The molecule has 100 valence electrons. The molecule has 2 aromatic rings. The zero-order valence-electron chi connectivity index (χ0n) is 9.46. The molecule has 0 atom stereocenters. The summed E-state index contributed by atoms with van der Waals surface area (Å²) < 4.78 is 27.9. The smallest absolute Gasteiger partial charge is 0.291 e. The van der Waals surface area contributed by atoms with E-state index in [0.29, 0.717) is 5.69 Å². The van der Waals surface area contributed by atoms with Gasteiger partial charge in [-0.05, 0) is 59.0 Å². The predicted octanol–water partition coefficient (Wildman–Crippen LogP) is 1.78. The number of furan rings is 1. The third-order valence-corrected chi connectivity index (χ3v) is 3.69. The van der Waals surface area contributed by atoms with E-state index in [1.807, 2.05) is 12.1 Å². The van der Waals surface area contributed by atoms with Crippen molar-refractivity contribution < 1.29 is 17.6 Å². The third-order valence-electron chi connectivity index (χ3n) is 2.19.